The van der Waals surface area contributed by atoms with Crippen LogP contribution in [-0.4, -0.2) is 16.6 Å². The lowest BCUT2D eigenvalue weighted by Crippen LogP contribution is -2.22. The van der Waals surface area contributed by atoms with Crippen LogP contribution in [-0.2, 0) is 13.2 Å². The van der Waals surface area contributed by atoms with Gasteiger partial charge in [0.25, 0.3) is 0 Å². The maximum atomic E-state index is 5.96. The topological polar surface area (TPSA) is 38.5 Å². The minimum absolute atomic E-state index is 0.324. The largest absolute Gasteiger partial charge is 0.489 e. The van der Waals surface area contributed by atoms with Gasteiger partial charge in [0, 0.05) is 12.6 Å². The first kappa shape index (κ1) is 16.9. The average molecular weight is 348 g/mol. The van der Waals surface area contributed by atoms with E-state index in [4.69, 9.17) is 9.26 Å². The Morgan fingerprint density at radius 2 is 1.92 bits per heavy atom. The molecule has 3 aromatic rings. The molecule has 1 aromatic heterocycles. The van der Waals surface area contributed by atoms with Crippen molar-refractivity contribution >= 4 is 0 Å². The fourth-order valence-corrected chi connectivity index (χ4v) is 3.59. The quantitative estimate of drug-likeness (QED) is 0.635. The summed E-state index contributed by atoms with van der Waals surface area (Å²) in [5.41, 5.74) is 3.39. The van der Waals surface area contributed by atoms with Crippen molar-refractivity contribution in [1.29, 1.82) is 0 Å². The van der Waals surface area contributed by atoms with Crippen molar-refractivity contribution < 1.29 is 9.26 Å². The Kier molecular flexibility index (Phi) is 5.02. The number of ether oxygens (including phenoxy) is 1. The third-order valence-corrected chi connectivity index (χ3v) is 4.87. The summed E-state index contributed by atoms with van der Waals surface area (Å²) in [6.45, 7) is 4.54. The lowest BCUT2D eigenvalue weighted by molar-refractivity contribution is 0.206. The number of rotatable bonds is 6. The van der Waals surface area contributed by atoms with E-state index in [1.54, 1.807) is 0 Å². The zero-order valence-corrected chi connectivity index (χ0v) is 15.1. The Morgan fingerprint density at radius 1 is 1.08 bits per heavy atom. The van der Waals surface area contributed by atoms with Gasteiger partial charge in [-0.2, -0.15) is 0 Å². The van der Waals surface area contributed by atoms with E-state index >= 15 is 0 Å². The van der Waals surface area contributed by atoms with Gasteiger partial charge in [0.15, 0.2) is 5.76 Å². The highest BCUT2D eigenvalue weighted by Gasteiger charge is 2.29. The van der Waals surface area contributed by atoms with Crippen LogP contribution in [0.3, 0.4) is 0 Å². The van der Waals surface area contributed by atoms with E-state index in [-0.39, 0.29) is 0 Å². The number of hydrogen-bond acceptors (Lipinski definition) is 4. The number of aromatic nitrogens is 1. The third-order valence-electron chi connectivity index (χ3n) is 4.87. The molecule has 1 atom stereocenters. The van der Waals surface area contributed by atoms with Gasteiger partial charge in [0.1, 0.15) is 12.4 Å². The minimum atomic E-state index is 0.324. The average Bonchev–Trinajstić information content (AvgIpc) is 3.30. The lowest BCUT2D eigenvalue weighted by atomic mass is 10.1. The van der Waals surface area contributed by atoms with Crippen LogP contribution >= 0.6 is 0 Å². The molecule has 0 aliphatic carbocycles. The number of aryl methyl sites for hydroxylation is 1. The fourth-order valence-electron chi connectivity index (χ4n) is 3.59. The Labute approximate surface area is 154 Å². The fraction of sp³-hybridized carbons (Fsp3) is 0.318. The van der Waals surface area contributed by atoms with Crippen molar-refractivity contribution in [2.75, 3.05) is 6.54 Å². The van der Waals surface area contributed by atoms with Crippen molar-refractivity contribution in [3.8, 4) is 5.75 Å². The molecule has 0 amide bonds. The van der Waals surface area contributed by atoms with E-state index in [0.717, 1.165) is 36.7 Å². The summed E-state index contributed by atoms with van der Waals surface area (Å²) >= 11 is 0. The zero-order chi connectivity index (χ0) is 17.8. The van der Waals surface area contributed by atoms with Crippen molar-refractivity contribution in [1.82, 2.24) is 10.1 Å². The van der Waals surface area contributed by atoms with Gasteiger partial charge in [-0.3, -0.25) is 4.90 Å². The Hall–Kier alpha value is -2.59. The number of benzene rings is 2. The van der Waals surface area contributed by atoms with Crippen LogP contribution in [0, 0.1) is 6.92 Å². The smallest absolute Gasteiger partial charge is 0.154 e. The summed E-state index contributed by atoms with van der Waals surface area (Å²) in [4.78, 5) is 2.47. The van der Waals surface area contributed by atoms with Gasteiger partial charge in [-0.1, -0.05) is 47.6 Å². The van der Waals surface area contributed by atoms with Gasteiger partial charge in [-0.15, -0.1) is 0 Å². The molecule has 1 aliphatic heterocycles. The number of hydrogen-bond donors (Lipinski definition) is 0. The van der Waals surface area contributed by atoms with E-state index < -0.39 is 0 Å². The van der Waals surface area contributed by atoms with Gasteiger partial charge in [-0.05, 0) is 49.6 Å². The molecule has 4 rings (SSSR count). The molecule has 134 valence electrons. The highest BCUT2D eigenvalue weighted by molar-refractivity contribution is 5.29. The Morgan fingerprint density at radius 3 is 2.73 bits per heavy atom. The van der Waals surface area contributed by atoms with Gasteiger partial charge in [0.2, 0.25) is 0 Å². The summed E-state index contributed by atoms with van der Waals surface area (Å²) in [6, 6.07) is 21.0. The molecule has 4 heteroatoms. The van der Waals surface area contributed by atoms with Crippen molar-refractivity contribution in [3.05, 3.63) is 83.2 Å². The first-order valence-corrected chi connectivity index (χ1v) is 9.21. The molecule has 1 saturated heterocycles. The highest BCUT2D eigenvalue weighted by atomic mass is 16.5. The van der Waals surface area contributed by atoms with Gasteiger partial charge in [-0.25, -0.2) is 0 Å². The van der Waals surface area contributed by atoms with Gasteiger partial charge >= 0.3 is 0 Å². The normalized spacial score (nSPS) is 17.5. The molecular weight excluding hydrogens is 324 g/mol. The molecule has 26 heavy (non-hydrogen) atoms. The molecule has 1 fully saturated rings. The maximum Gasteiger partial charge on any atom is 0.154 e. The van der Waals surface area contributed by atoms with E-state index in [1.807, 2.05) is 31.2 Å². The molecule has 1 aliphatic rings. The first-order valence-electron chi connectivity index (χ1n) is 9.21. The van der Waals surface area contributed by atoms with E-state index in [1.165, 1.54) is 17.5 Å². The second-order valence-electron chi connectivity index (χ2n) is 6.92. The Balaban J connectivity index is 1.41. The molecule has 2 aromatic carbocycles. The maximum absolute atomic E-state index is 5.96. The van der Waals surface area contributed by atoms with Crippen LogP contribution in [0.1, 0.15) is 41.5 Å². The molecule has 0 radical (unpaired) electrons. The predicted molar refractivity (Wildman–Crippen MR) is 101 cm³/mol. The molecule has 0 bridgehead atoms. The standard InChI is InChI=1S/C22H24N2O2/c1-17-13-22(26-23-17)21-11-6-12-24(21)15-19-9-5-10-20(14-19)25-16-18-7-3-2-4-8-18/h2-5,7-10,13-14,21H,6,11-12,15-16H2,1H3/t21-/m1/s1. The van der Waals surface area contributed by atoms with E-state index in [0.29, 0.717) is 12.6 Å². The van der Waals surface area contributed by atoms with Crippen LogP contribution in [0.15, 0.2) is 65.2 Å². The van der Waals surface area contributed by atoms with Gasteiger partial charge in [0.05, 0.1) is 11.7 Å². The third kappa shape index (κ3) is 3.97. The summed E-state index contributed by atoms with van der Waals surface area (Å²) in [7, 11) is 0. The van der Waals surface area contributed by atoms with Crippen LogP contribution in [0.4, 0.5) is 0 Å². The molecule has 0 spiro atoms. The SMILES string of the molecule is Cc1cc([C@H]2CCCN2Cc2cccc(OCc3ccccc3)c2)on1. The monoisotopic (exact) mass is 348 g/mol. The van der Waals surface area contributed by atoms with E-state index in [2.05, 4.69) is 46.5 Å². The van der Waals surface area contributed by atoms with Crippen LogP contribution in [0.2, 0.25) is 0 Å². The van der Waals surface area contributed by atoms with Crippen molar-refractivity contribution in [2.45, 2.75) is 39.0 Å². The lowest BCUT2D eigenvalue weighted by Gasteiger charge is -2.22. The summed E-state index contributed by atoms with van der Waals surface area (Å²) in [5.74, 6) is 1.90. The summed E-state index contributed by atoms with van der Waals surface area (Å²) in [6.07, 6.45) is 2.31. The number of nitrogens with zero attached hydrogens (tertiary/aromatic N) is 2. The predicted octanol–water partition coefficient (Wildman–Crippen LogP) is 4.90. The Bertz CT molecular complexity index is 844. The second kappa shape index (κ2) is 7.75. The summed E-state index contributed by atoms with van der Waals surface area (Å²) in [5, 5.41) is 4.05. The van der Waals surface area contributed by atoms with Crippen molar-refractivity contribution in [3.63, 3.8) is 0 Å². The molecule has 2 heterocycles. The molecular formula is C22H24N2O2. The molecule has 4 nitrogen and oxygen atoms in total. The van der Waals surface area contributed by atoms with Crippen LogP contribution in [0.5, 0.6) is 5.75 Å². The van der Waals surface area contributed by atoms with Crippen LogP contribution in [0.25, 0.3) is 0 Å². The zero-order valence-electron chi connectivity index (χ0n) is 15.1. The highest BCUT2D eigenvalue weighted by Crippen LogP contribution is 2.33. The number of likely N-dealkylation sites (tertiary alicyclic amines) is 1. The first-order chi connectivity index (χ1) is 12.8. The van der Waals surface area contributed by atoms with Crippen molar-refractivity contribution in [2.24, 2.45) is 0 Å². The molecule has 0 unspecified atom stereocenters. The second-order valence-corrected chi connectivity index (χ2v) is 6.92. The molecule has 0 saturated carbocycles. The minimum Gasteiger partial charge on any atom is -0.489 e. The van der Waals surface area contributed by atoms with E-state index in [9.17, 15) is 0 Å². The molecule has 0 N–H and O–H groups in total. The van der Waals surface area contributed by atoms with Gasteiger partial charge < -0.3 is 9.26 Å². The van der Waals surface area contributed by atoms with Crippen LogP contribution < -0.4 is 4.74 Å². The summed E-state index contributed by atoms with van der Waals surface area (Å²) < 4.78 is 11.5.